The van der Waals surface area contributed by atoms with Crippen molar-refractivity contribution >= 4 is 0 Å². The number of aryl methyl sites for hydroxylation is 2. The van der Waals surface area contributed by atoms with Crippen LogP contribution in [0, 0.1) is 13.8 Å². The van der Waals surface area contributed by atoms with Crippen LogP contribution in [0.3, 0.4) is 0 Å². The van der Waals surface area contributed by atoms with Crippen LogP contribution in [0.4, 0.5) is 0 Å². The lowest BCUT2D eigenvalue weighted by Crippen LogP contribution is -2.13. The van der Waals surface area contributed by atoms with Gasteiger partial charge in [0.05, 0.1) is 6.04 Å². The molecule has 2 rings (SSSR count). The van der Waals surface area contributed by atoms with E-state index >= 15 is 0 Å². The largest absolute Gasteiger partial charge is 0.320 e. The molecule has 0 saturated heterocycles. The van der Waals surface area contributed by atoms with Gasteiger partial charge in [-0.1, -0.05) is 35.9 Å². The standard InChI is InChI=1S/C14H16N2/c1-10-5-7-12(8-6-10)14(15)13-4-3-9-16-11(13)2/h3-9,14H,15H2,1-2H3. The summed E-state index contributed by atoms with van der Waals surface area (Å²) in [5, 5.41) is 0. The molecular weight excluding hydrogens is 196 g/mol. The highest BCUT2D eigenvalue weighted by Gasteiger charge is 2.10. The monoisotopic (exact) mass is 212 g/mol. The summed E-state index contributed by atoms with van der Waals surface area (Å²) < 4.78 is 0. The predicted octanol–water partition coefficient (Wildman–Crippen LogP) is 2.75. The van der Waals surface area contributed by atoms with E-state index in [-0.39, 0.29) is 6.04 Å². The molecule has 82 valence electrons. The summed E-state index contributed by atoms with van der Waals surface area (Å²) in [6.45, 7) is 4.06. The van der Waals surface area contributed by atoms with Crippen molar-refractivity contribution in [2.45, 2.75) is 19.9 Å². The van der Waals surface area contributed by atoms with Crippen LogP contribution < -0.4 is 5.73 Å². The molecule has 0 aliphatic heterocycles. The molecule has 1 heterocycles. The molecule has 2 aromatic rings. The molecule has 0 bridgehead atoms. The highest BCUT2D eigenvalue weighted by atomic mass is 14.7. The van der Waals surface area contributed by atoms with Gasteiger partial charge in [-0.3, -0.25) is 4.98 Å². The summed E-state index contributed by atoms with van der Waals surface area (Å²) in [5.41, 5.74) is 10.7. The van der Waals surface area contributed by atoms with E-state index in [1.54, 1.807) is 6.20 Å². The van der Waals surface area contributed by atoms with Crippen molar-refractivity contribution < 1.29 is 0 Å². The Hall–Kier alpha value is -1.67. The number of hydrogen-bond donors (Lipinski definition) is 1. The Kier molecular flexibility index (Phi) is 3.02. The summed E-state index contributed by atoms with van der Waals surface area (Å²) in [6, 6.07) is 12.2. The first-order chi connectivity index (χ1) is 7.68. The Balaban J connectivity index is 2.35. The Labute approximate surface area is 96.1 Å². The van der Waals surface area contributed by atoms with Crippen molar-refractivity contribution in [2.24, 2.45) is 5.73 Å². The van der Waals surface area contributed by atoms with Crippen LogP contribution in [0.1, 0.15) is 28.4 Å². The molecule has 1 aromatic heterocycles. The fraction of sp³-hybridized carbons (Fsp3) is 0.214. The average molecular weight is 212 g/mol. The van der Waals surface area contributed by atoms with Crippen LogP contribution in [0.25, 0.3) is 0 Å². The van der Waals surface area contributed by atoms with Gasteiger partial charge in [0.2, 0.25) is 0 Å². The first-order valence-electron chi connectivity index (χ1n) is 5.42. The highest BCUT2D eigenvalue weighted by Crippen LogP contribution is 2.21. The number of rotatable bonds is 2. The molecule has 0 radical (unpaired) electrons. The van der Waals surface area contributed by atoms with Gasteiger partial charge in [-0.25, -0.2) is 0 Å². The van der Waals surface area contributed by atoms with Gasteiger partial charge in [0.1, 0.15) is 0 Å². The predicted molar refractivity (Wildman–Crippen MR) is 66.2 cm³/mol. The second kappa shape index (κ2) is 4.45. The normalized spacial score (nSPS) is 12.4. The van der Waals surface area contributed by atoms with Crippen molar-refractivity contribution in [1.29, 1.82) is 0 Å². The van der Waals surface area contributed by atoms with Gasteiger partial charge in [0.25, 0.3) is 0 Å². The fourth-order valence-corrected chi connectivity index (χ4v) is 1.78. The summed E-state index contributed by atoms with van der Waals surface area (Å²) in [5.74, 6) is 0. The van der Waals surface area contributed by atoms with Gasteiger partial charge in [-0.2, -0.15) is 0 Å². The molecule has 1 unspecified atom stereocenters. The summed E-state index contributed by atoms with van der Waals surface area (Å²) in [7, 11) is 0. The van der Waals surface area contributed by atoms with Gasteiger partial charge in [-0.05, 0) is 31.0 Å². The van der Waals surface area contributed by atoms with Crippen LogP contribution in [0.2, 0.25) is 0 Å². The lowest BCUT2D eigenvalue weighted by molar-refractivity contribution is 0.847. The maximum atomic E-state index is 6.23. The minimum absolute atomic E-state index is 0.0886. The Morgan fingerprint density at radius 3 is 2.38 bits per heavy atom. The molecule has 1 atom stereocenters. The third-order valence-electron chi connectivity index (χ3n) is 2.82. The minimum atomic E-state index is -0.0886. The van der Waals surface area contributed by atoms with Gasteiger partial charge in [-0.15, -0.1) is 0 Å². The lowest BCUT2D eigenvalue weighted by Gasteiger charge is -2.14. The fourth-order valence-electron chi connectivity index (χ4n) is 1.78. The van der Waals surface area contributed by atoms with Crippen molar-refractivity contribution in [2.75, 3.05) is 0 Å². The van der Waals surface area contributed by atoms with Crippen molar-refractivity contribution in [3.05, 3.63) is 65.0 Å². The molecule has 0 saturated carbocycles. The van der Waals surface area contributed by atoms with Crippen molar-refractivity contribution in [3.8, 4) is 0 Å². The molecule has 2 heteroatoms. The zero-order chi connectivity index (χ0) is 11.5. The first-order valence-corrected chi connectivity index (χ1v) is 5.42. The van der Waals surface area contributed by atoms with E-state index in [2.05, 4.69) is 36.2 Å². The third kappa shape index (κ3) is 2.12. The molecule has 0 amide bonds. The van der Waals surface area contributed by atoms with Gasteiger partial charge in [0, 0.05) is 11.9 Å². The maximum absolute atomic E-state index is 6.23. The van der Waals surface area contributed by atoms with E-state index in [9.17, 15) is 0 Å². The van der Waals surface area contributed by atoms with E-state index < -0.39 is 0 Å². The van der Waals surface area contributed by atoms with E-state index in [4.69, 9.17) is 5.73 Å². The number of hydrogen-bond acceptors (Lipinski definition) is 2. The van der Waals surface area contributed by atoms with Gasteiger partial charge < -0.3 is 5.73 Å². The maximum Gasteiger partial charge on any atom is 0.0569 e. The van der Waals surface area contributed by atoms with E-state index in [0.717, 1.165) is 16.8 Å². The molecule has 2 N–H and O–H groups in total. The first kappa shape index (κ1) is 10.8. The topological polar surface area (TPSA) is 38.9 Å². The van der Waals surface area contributed by atoms with E-state index in [1.807, 2.05) is 19.1 Å². The van der Waals surface area contributed by atoms with Gasteiger partial charge >= 0.3 is 0 Å². The second-order valence-corrected chi connectivity index (χ2v) is 4.07. The highest BCUT2D eigenvalue weighted by molar-refractivity contribution is 5.34. The number of nitrogens with zero attached hydrogens (tertiary/aromatic N) is 1. The van der Waals surface area contributed by atoms with E-state index in [0.29, 0.717) is 0 Å². The molecular formula is C14H16N2. The summed E-state index contributed by atoms with van der Waals surface area (Å²) in [4.78, 5) is 4.26. The number of nitrogens with two attached hydrogens (primary N) is 1. The molecule has 0 aliphatic rings. The van der Waals surface area contributed by atoms with Crippen LogP contribution in [-0.4, -0.2) is 4.98 Å². The lowest BCUT2D eigenvalue weighted by atomic mass is 9.98. The zero-order valence-corrected chi connectivity index (χ0v) is 9.64. The molecule has 1 aromatic carbocycles. The summed E-state index contributed by atoms with van der Waals surface area (Å²) in [6.07, 6.45) is 1.79. The van der Waals surface area contributed by atoms with Crippen LogP contribution >= 0.6 is 0 Å². The van der Waals surface area contributed by atoms with Crippen LogP contribution in [-0.2, 0) is 0 Å². The smallest absolute Gasteiger partial charge is 0.0569 e. The number of benzene rings is 1. The Morgan fingerprint density at radius 2 is 1.75 bits per heavy atom. The Bertz CT molecular complexity index is 474. The average Bonchev–Trinajstić information content (AvgIpc) is 2.30. The van der Waals surface area contributed by atoms with Gasteiger partial charge in [0.15, 0.2) is 0 Å². The molecule has 0 spiro atoms. The van der Waals surface area contributed by atoms with E-state index in [1.165, 1.54) is 5.56 Å². The Morgan fingerprint density at radius 1 is 1.06 bits per heavy atom. The molecule has 0 fully saturated rings. The zero-order valence-electron chi connectivity index (χ0n) is 9.64. The third-order valence-corrected chi connectivity index (χ3v) is 2.82. The second-order valence-electron chi connectivity index (χ2n) is 4.07. The number of pyridine rings is 1. The van der Waals surface area contributed by atoms with Crippen molar-refractivity contribution in [3.63, 3.8) is 0 Å². The van der Waals surface area contributed by atoms with Crippen LogP contribution in [0.5, 0.6) is 0 Å². The minimum Gasteiger partial charge on any atom is -0.320 e. The van der Waals surface area contributed by atoms with Crippen molar-refractivity contribution in [1.82, 2.24) is 4.98 Å². The SMILES string of the molecule is Cc1ccc(C(N)c2cccnc2C)cc1. The molecule has 2 nitrogen and oxygen atoms in total. The molecule has 16 heavy (non-hydrogen) atoms. The van der Waals surface area contributed by atoms with Crippen LogP contribution in [0.15, 0.2) is 42.6 Å². The quantitative estimate of drug-likeness (QED) is 0.831. The number of aromatic nitrogens is 1. The molecule has 0 aliphatic carbocycles. The summed E-state index contributed by atoms with van der Waals surface area (Å²) >= 11 is 0.